The molecule has 0 radical (unpaired) electrons. The lowest BCUT2D eigenvalue weighted by atomic mass is 9.60. The number of nitrogens with zero attached hydrogens (tertiary/aromatic N) is 12. The van der Waals surface area contributed by atoms with Gasteiger partial charge >= 0.3 is 11.6 Å². The molecule has 9 heterocycles. The molecule has 21 rings (SSSR count). The van der Waals surface area contributed by atoms with Crippen LogP contribution in [0.1, 0.15) is 208 Å². The summed E-state index contributed by atoms with van der Waals surface area (Å²) in [5.74, 6) is 7.60. The summed E-state index contributed by atoms with van der Waals surface area (Å²) in [6.07, 6.45) is 8.55. The van der Waals surface area contributed by atoms with E-state index in [-0.39, 0.29) is 10.8 Å². The number of hydrogen-bond donors (Lipinski definition) is 0. The van der Waals surface area contributed by atoms with Crippen LogP contribution in [0.2, 0.25) is 0 Å². The van der Waals surface area contributed by atoms with Gasteiger partial charge < -0.3 is 9.13 Å². The molecule has 20 aromatic rings. The lowest BCUT2D eigenvalue weighted by Gasteiger charge is -2.43. The van der Waals surface area contributed by atoms with Crippen molar-refractivity contribution in [2.24, 2.45) is 49.3 Å². The molecule has 0 saturated carbocycles. The van der Waals surface area contributed by atoms with Gasteiger partial charge in [-0.05, 0) is 158 Å². The molecule has 135 heavy (non-hydrogen) atoms. The summed E-state index contributed by atoms with van der Waals surface area (Å²) in [6, 6.07) is 107. The summed E-state index contributed by atoms with van der Waals surface area (Å²) in [5.41, 5.74) is 37.9. The highest BCUT2D eigenvalue weighted by atomic mass is 15.2. The molecule has 12 aromatic carbocycles. The number of imidazole rings is 5. The molecule has 0 atom stereocenters. The Morgan fingerprint density at radius 3 is 1.13 bits per heavy atom. The first-order valence-electron chi connectivity index (χ1n) is 48.6. The van der Waals surface area contributed by atoms with Crippen LogP contribution in [0.4, 0.5) is 0 Å². The van der Waals surface area contributed by atoms with Gasteiger partial charge in [0.05, 0.1) is 51.8 Å². The fourth-order valence-corrected chi connectivity index (χ4v) is 21.4. The third-order valence-electron chi connectivity index (χ3n) is 29.1. The molecule has 8 aromatic heterocycles. The predicted octanol–water partition coefficient (Wildman–Crippen LogP) is 28.0. The van der Waals surface area contributed by atoms with Gasteiger partial charge in [0.1, 0.15) is 52.0 Å². The van der Waals surface area contributed by atoms with Crippen molar-refractivity contribution in [2.75, 3.05) is 0 Å². The summed E-state index contributed by atoms with van der Waals surface area (Å²) in [4.78, 5) is 0. The Bertz CT molecular complexity index is 7720. The lowest BCUT2D eigenvalue weighted by Crippen LogP contribution is -2.44. The number of aromatic nitrogens is 12. The molecular formula is C123H137N12+5. The van der Waals surface area contributed by atoms with Crippen LogP contribution in [0.25, 0.3) is 140 Å². The predicted molar refractivity (Wildman–Crippen MR) is 564 cm³/mol. The lowest BCUT2D eigenvalue weighted by molar-refractivity contribution is -0.659. The molecule has 12 heteroatoms. The van der Waals surface area contributed by atoms with E-state index < -0.39 is 0 Å². The average Bonchev–Trinajstić information content (AvgIpc) is 1.53. The third-order valence-corrected chi connectivity index (χ3v) is 29.1. The number of rotatable bonds is 15. The fourth-order valence-electron chi connectivity index (χ4n) is 21.4. The molecule has 12 nitrogen and oxygen atoms in total. The summed E-state index contributed by atoms with van der Waals surface area (Å²) < 4.78 is 28.3. The maximum atomic E-state index is 2.59. The fraction of sp³-hybridized carbons (Fsp3) is 0.276. The summed E-state index contributed by atoms with van der Waals surface area (Å²) in [6.45, 7) is 43.7. The second-order valence-corrected chi connectivity index (χ2v) is 40.2. The van der Waals surface area contributed by atoms with Gasteiger partial charge in [0, 0.05) is 92.6 Å². The quantitative estimate of drug-likeness (QED) is 0.0726. The SMILES string of the molecule is CC(C)c1cccc(C(C)C)c1-n1c(-c2cccn2C)[n+](C)c2ccccc21.CC(C)c1cccc(C(C)C)c1-n1cc[n+](C)c1-c1cccn1C.Cc1cccc2c3cccc4c3n3c(c(-c5ccccc5)[n+](C)c3c12)C(C)(C)C4(C)C.Cc1ccccc1-c1n(-c2c(C(C)C)cccc2C(C)C)c2ccccc2[n+]1C.Cc1ccccc1-c1n(-c2ccccc2)c2ccccc2[n+]1C. The Kier molecular flexibility index (Phi) is 25.8. The zero-order valence-corrected chi connectivity index (χ0v) is 84.4. The van der Waals surface area contributed by atoms with Crippen molar-refractivity contribution in [3.63, 3.8) is 0 Å². The maximum absolute atomic E-state index is 2.59. The third kappa shape index (κ3) is 16.2. The largest absolute Gasteiger partial charge is 0.344 e. The highest BCUT2D eigenvalue weighted by molar-refractivity contribution is 6.14. The molecule has 0 unspecified atom stereocenters. The molecule has 0 fully saturated rings. The van der Waals surface area contributed by atoms with Crippen molar-refractivity contribution in [3.05, 3.63) is 383 Å². The van der Waals surface area contributed by atoms with Gasteiger partial charge in [0.15, 0.2) is 44.5 Å². The van der Waals surface area contributed by atoms with Gasteiger partial charge in [-0.3, -0.25) is 0 Å². The second-order valence-electron chi connectivity index (χ2n) is 40.2. The molecule has 0 spiro atoms. The van der Waals surface area contributed by atoms with Crippen LogP contribution < -0.4 is 22.8 Å². The molecule has 0 saturated heterocycles. The first-order valence-corrected chi connectivity index (χ1v) is 48.6. The van der Waals surface area contributed by atoms with E-state index in [1.165, 1.54) is 202 Å². The van der Waals surface area contributed by atoms with Crippen molar-refractivity contribution in [3.8, 4) is 79.8 Å². The minimum absolute atomic E-state index is 0.0121. The van der Waals surface area contributed by atoms with E-state index in [0.717, 1.165) is 0 Å². The van der Waals surface area contributed by atoms with Crippen LogP contribution in [0.5, 0.6) is 0 Å². The van der Waals surface area contributed by atoms with E-state index in [9.17, 15) is 0 Å². The van der Waals surface area contributed by atoms with E-state index in [2.05, 4.69) is 558 Å². The zero-order valence-electron chi connectivity index (χ0n) is 84.4. The summed E-state index contributed by atoms with van der Waals surface area (Å²) in [5, 5.41) is 4.05. The number of hydrogen-bond acceptors (Lipinski definition) is 0. The zero-order chi connectivity index (χ0) is 95.7. The Hall–Kier alpha value is -14.0. The Morgan fingerprint density at radius 2 is 0.674 bits per heavy atom. The van der Waals surface area contributed by atoms with E-state index in [4.69, 9.17) is 0 Å². The van der Waals surface area contributed by atoms with Gasteiger partial charge in [0.2, 0.25) is 0 Å². The molecule has 0 amide bonds. The van der Waals surface area contributed by atoms with Gasteiger partial charge in [-0.15, -0.1) is 0 Å². The Balaban J connectivity index is 0.000000118. The van der Waals surface area contributed by atoms with Crippen molar-refractivity contribution < 1.29 is 22.8 Å². The minimum Gasteiger partial charge on any atom is -0.344 e. The highest BCUT2D eigenvalue weighted by Gasteiger charge is 2.53. The molecule has 0 aliphatic carbocycles. The highest BCUT2D eigenvalue weighted by Crippen LogP contribution is 2.54. The minimum atomic E-state index is -0.0556. The number of benzene rings is 12. The first kappa shape index (κ1) is 92.9. The van der Waals surface area contributed by atoms with Gasteiger partial charge in [-0.25, -0.2) is 22.8 Å². The van der Waals surface area contributed by atoms with Crippen LogP contribution in [0, 0.1) is 20.8 Å². The van der Waals surface area contributed by atoms with Crippen LogP contribution >= 0.6 is 0 Å². The first-order chi connectivity index (χ1) is 64.8. The van der Waals surface area contributed by atoms with Crippen molar-refractivity contribution >= 4 is 60.4 Å². The normalized spacial score (nSPS) is 12.7. The molecule has 1 aliphatic rings. The number of aryl methyl sites for hydroxylation is 10. The summed E-state index contributed by atoms with van der Waals surface area (Å²) in [7, 11) is 15.1. The van der Waals surface area contributed by atoms with Crippen LogP contribution in [0.3, 0.4) is 0 Å². The topological polar surface area (TPSA) is 53.4 Å². The number of pyridine rings is 1. The second kappa shape index (κ2) is 37.5. The van der Waals surface area contributed by atoms with Crippen LogP contribution in [-0.2, 0) is 60.2 Å². The van der Waals surface area contributed by atoms with E-state index in [1.54, 1.807) is 0 Å². The molecule has 0 N–H and O–H groups in total. The Morgan fingerprint density at radius 1 is 0.304 bits per heavy atom. The van der Waals surface area contributed by atoms with Gasteiger partial charge in [0.25, 0.3) is 17.3 Å². The maximum Gasteiger partial charge on any atom is 0.311 e. The smallest absolute Gasteiger partial charge is 0.311 e. The van der Waals surface area contributed by atoms with E-state index >= 15 is 0 Å². The van der Waals surface area contributed by atoms with Crippen molar-refractivity contribution in [1.29, 1.82) is 0 Å². The monoisotopic (exact) mass is 1780 g/mol. The van der Waals surface area contributed by atoms with E-state index in [1.807, 2.05) is 0 Å². The van der Waals surface area contributed by atoms with Gasteiger partial charge in [-0.1, -0.05) is 323 Å². The number of fused-ring (bicyclic) bond motifs is 6. The van der Waals surface area contributed by atoms with Gasteiger partial charge in [-0.2, -0.15) is 22.7 Å². The van der Waals surface area contributed by atoms with Crippen molar-refractivity contribution in [1.82, 2.24) is 31.8 Å². The molecular weight excluding hydrogens is 1650 g/mol. The summed E-state index contributed by atoms with van der Waals surface area (Å²) >= 11 is 0. The Labute approximate surface area is 800 Å². The van der Waals surface area contributed by atoms with Crippen molar-refractivity contribution in [2.45, 2.75) is 178 Å². The molecule has 684 valence electrons. The number of para-hydroxylation sites is 11. The van der Waals surface area contributed by atoms with Crippen LogP contribution in [-0.4, -0.2) is 31.8 Å². The standard InChI is InChI=1S/C29H29N2.C27H31N2.C25H30N3.C21H28N3.C21H19N2/c1-18-12-10-15-20-21-16-11-17-22-25(21)31-26(29(4,5)28(22,2)3)24(19-13-8-7-9-14-19)30(6)27(31)23(18)20;1-18(2)21-14-11-15-22(19(3)4)26(21)29-25-17-10-9-16-24(25)28(6)27(29)23-13-8-7-12-20(23)5;1-17(2)19-11-9-12-20(18(3)4)24(19)28-22-14-8-7-13-21(22)27(6)25(28)23-15-10-16-26(23)5;1-15(2)17-9-7-10-18(16(3)4)20(17)24-14-13-23(6)21(24)19-11-8-12-22(19)5;1-16-10-6-7-13-18(16)21-22(2)19-14-8-9-15-20(19)23(21)17-11-4-3-5-12-17/h7-17H,1-6H3;7-19H,1-6H3;7-18H,1-6H3;7-16H,1-6H3;3-15H,1-2H3/q5*+1. The van der Waals surface area contributed by atoms with Crippen LogP contribution in [0.15, 0.2) is 322 Å². The average molecular weight is 1780 g/mol. The molecule has 0 bridgehead atoms. The van der Waals surface area contributed by atoms with E-state index in [0.29, 0.717) is 35.5 Å². The molecule has 1 aliphatic heterocycles.